The Morgan fingerprint density at radius 1 is 0.575 bits per heavy atom. The molecule has 0 spiro atoms. The number of hydrogen-bond acceptors (Lipinski definition) is 0. The summed E-state index contributed by atoms with van der Waals surface area (Å²) in [7, 11) is 17.2. The van der Waals surface area contributed by atoms with Crippen molar-refractivity contribution in [2.75, 3.05) is 0 Å². The van der Waals surface area contributed by atoms with Crippen LogP contribution >= 0.6 is 17.0 Å². The van der Waals surface area contributed by atoms with Gasteiger partial charge < -0.3 is 0 Å². The predicted octanol–water partition coefficient (Wildman–Crippen LogP) is 10.9. The van der Waals surface area contributed by atoms with Gasteiger partial charge in [-0.15, -0.1) is 0 Å². The molecule has 4 heteroatoms. The number of halogens is 2. The summed E-state index contributed by atoms with van der Waals surface area (Å²) in [6.45, 7) is 14.7. The van der Waals surface area contributed by atoms with Crippen molar-refractivity contribution in [3.8, 4) is 22.3 Å². The van der Waals surface area contributed by atoms with Gasteiger partial charge in [0.05, 0.1) is 0 Å². The van der Waals surface area contributed by atoms with Crippen LogP contribution in [0.3, 0.4) is 0 Å². The van der Waals surface area contributed by atoms with E-state index in [2.05, 4.69) is 138 Å². The third kappa shape index (κ3) is 4.23. The third-order valence-electron chi connectivity index (χ3n) is 10.3. The van der Waals surface area contributed by atoms with E-state index in [4.69, 9.17) is 17.0 Å². The van der Waals surface area contributed by atoms with Gasteiger partial charge in [-0.05, 0) is 0 Å². The molecule has 4 aromatic rings. The average molecular weight is 664 g/mol. The second-order valence-electron chi connectivity index (χ2n) is 14.1. The number of benzene rings is 4. The van der Waals surface area contributed by atoms with Gasteiger partial charge in [0.2, 0.25) is 0 Å². The molecule has 0 bridgehead atoms. The Labute approximate surface area is 249 Å². The normalized spacial score (nSPS) is 22.0. The summed E-state index contributed by atoms with van der Waals surface area (Å²) in [5.41, 5.74) is 11.1. The topological polar surface area (TPSA) is 0 Å². The zero-order valence-corrected chi connectivity index (χ0v) is 29.8. The quantitative estimate of drug-likeness (QED) is 0.186. The van der Waals surface area contributed by atoms with Crippen LogP contribution in [0.2, 0.25) is 13.1 Å². The van der Waals surface area contributed by atoms with Gasteiger partial charge in [-0.2, -0.15) is 0 Å². The molecule has 0 saturated heterocycles. The second kappa shape index (κ2) is 9.80. The maximum atomic E-state index is 8.60. The first-order chi connectivity index (χ1) is 18.9. The average Bonchev–Trinajstić information content (AvgIpc) is 3.37. The molecule has 40 heavy (non-hydrogen) atoms. The van der Waals surface area contributed by atoms with Crippen LogP contribution in [0.1, 0.15) is 57.2 Å². The van der Waals surface area contributed by atoms with Gasteiger partial charge in [0, 0.05) is 0 Å². The SMILES string of the molecule is C[SiH](C)[Zr]([Cl])([Cl])([CH]1c2cccc(-c3ccccc3)c2CC1(C)C)[CH]1c2cccc(-c3ccccc3)c2CC1(C)C. The Morgan fingerprint density at radius 2 is 0.950 bits per heavy atom. The van der Waals surface area contributed by atoms with E-state index in [-0.39, 0.29) is 18.1 Å². The fraction of sp³-hybridized carbons (Fsp3) is 0.333. The van der Waals surface area contributed by atoms with Crippen LogP contribution in [0, 0.1) is 10.8 Å². The van der Waals surface area contributed by atoms with E-state index in [0.717, 1.165) is 12.8 Å². The monoisotopic (exact) mass is 661 g/mol. The predicted molar refractivity (Wildman–Crippen MR) is 175 cm³/mol. The summed E-state index contributed by atoms with van der Waals surface area (Å²) in [4.78, 5) is 0. The Balaban J connectivity index is 1.60. The number of hydrogen-bond donors (Lipinski definition) is 0. The maximum absolute atomic E-state index is 8.60. The Morgan fingerprint density at radius 3 is 1.30 bits per heavy atom. The first-order valence-corrected chi connectivity index (χ1v) is 31.1. The van der Waals surface area contributed by atoms with Gasteiger partial charge in [-0.25, -0.2) is 0 Å². The second-order valence-corrected chi connectivity index (χ2v) is 56.6. The summed E-state index contributed by atoms with van der Waals surface area (Å²) >= 11 is -4.68. The van der Waals surface area contributed by atoms with Crippen molar-refractivity contribution in [1.82, 2.24) is 0 Å². The molecular formula is C36H41Cl2SiZr. The van der Waals surface area contributed by atoms with Crippen molar-refractivity contribution >= 4 is 22.9 Å². The van der Waals surface area contributed by atoms with Crippen LogP contribution < -0.4 is 0 Å². The van der Waals surface area contributed by atoms with E-state index in [1.54, 1.807) is 0 Å². The van der Waals surface area contributed by atoms with Gasteiger partial charge in [0.25, 0.3) is 0 Å². The summed E-state index contributed by atoms with van der Waals surface area (Å²) < 4.78 is 0.441. The van der Waals surface area contributed by atoms with E-state index in [1.807, 2.05) is 0 Å². The van der Waals surface area contributed by atoms with Gasteiger partial charge in [-0.3, -0.25) is 0 Å². The van der Waals surface area contributed by atoms with Gasteiger partial charge in [-0.1, -0.05) is 0 Å². The minimum absolute atomic E-state index is 0.00484. The first kappa shape index (κ1) is 28.7. The van der Waals surface area contributed by atoms with Crippen molar-refractivity contribution in [3.05, 3.63) is 119 Å². The molecule has 207 valence electrons. The zero-order valence-electron chi connectivity index (χ0n) is 24.6. The van der Waals surface area contributed by atoms with Crippen LogP contribution in [-0.4, -0.2) is 5.92 Å². The summed E-state index contributed by atoms with van der Waals surface area (Å²) in [5, 5.41) is 0. The summed E-state index contributed by atoms with van der Waals surface area (Å²) in [5.74, 6) is -1.54. The van der Waals surface area contributed by atoms with Crippen molar-refractivity contribution < 1.29 is 15.6 Å². The van der Waals surface area contributed by atoms with Gasteiger partial charge >= 0.3 is 252 Å². The van der Waals surface area contributed by atoms with Crippen molar-refractivity contribution in [3.63, 3.8) is 0 Å². The number of fused-ring (bicyclic) bond motifs is 2. The van der Waals surface area contributed by atoms with Crippen LogP contribution in [0.25, 0.3) is 22.3 Å². The molecule has 0 heterocycles. The van der Waals surface area contributed by atoms with E-state index >= 15 is 0 Å². The molecule has 0 radical (unpaired) electrons. The minimum atomic E-state index is -4.68. The van der Waals surface area contributed by atoms with Gasteiger partial charge in [0.1, 0.15) is 0 Å². The van der Waals surface area contributed by atoms with Crippen LogP contribution in [0.4, 0.5) is 0 Å². The molecule has 0 nitrogen and oxygen atoms in total. The van der Waals surface area contributed by atoms with Crippen molar-refractivity contribution in [1.29, 1.82) is 0 Å². The summed E-state index contributed by atoms with van der Waals surface area (Å²) in [6.07, 6.45) is 2.04. The Kier molecular flexibility index (Phi) is 7.03. The number of rotatable bonds is 5. The molecular weight excluding hydrogens is 623 g/mol. The van der Waals surface area contributed by atoms with E-state index in [9.17, 15) is 0 Å². The van der Waals surface area contributed by atoms with Crippen molar-refractivity contribution in [2.45, 2.75) is 60.9 Å². The van der Waals surface area contributed by atoms with Crippen molar-refractivity contribution in [2.24, 2.45) is 10.8 Å². The van der Waals surface area contributed by atoms with Crippen LogP contribution in [0.5, 0.6) is 0 Å². The third-order valence-corrected chi connectivity index (χ3v) is 64.1. The molecule has 0 aliphatic heterocycles. The molecule has 6 rings (SSSR count). The first-order valence-electron chi connectivity index (χ1n) is 14.8. The van der Waals surface area contributed by atoms with E-state index in [0.29, 0.717) is 0 Å². The molecule has 2 aliphatic carbocycles. The molecule has 0 N–H and O–H groups in total. The molecule has 4 aromatic carbocycles. The molecule has 2 atom stereocenters. The zero-order chi connectivity index (χ0) is 28.5. The molecule has 0 amide bonds. The Bertz CT molecular complexity index is 1460. The van der Waals surface area contributed by atoms with Crippen LogP contribution in [0.15, 0.2) is 97.1 Å². The molecule has 0 aromatic heterocycles. The molecule has 0 fully saturated rings. The fourth-order valence-electron chi connectivity index (χ4n) is 8.80. The van der Waals surface area contributed by atoms with Gasteiger partial charge in [0.15, 0.2) is 0 Å². The molecule has 0 saturated carbocycles. The fourth-order valence-corrected chi connectivity index (χ4v) is 50.1. The molecule has 2 unspecified atom stereocenters. The molecule has 2 aliphatic rings. The van der Waals surface area contributed by atoms with E-state index in [1.165, 1.54) is 44.5 Å². The van der Waals surface area contributed by atoms with Crippen LogP contribution in [-0.2, 0) is 28.4 Å². The standard InChI is InChI=1S/2C17H17.C2H7Si.2ClH.Zr/c2*1-17(2)11-14-9-6-10-15(16(14)12-17)13-7-4-3-5-8-13;1-3-2;;;/h2*3-11H,12H2,1-2H3;3H,1-2H3;2*1H;/q;;;;;+2/p-2. The van der Waals surface area contributed by atoms with E-state index < -0.39 is 21.5 Å². The summed E-state index contributed by atoms with van der Waals surface area (Å²) in [6, 6.07) is 35.6. The Hall–Kier alpha value is -1.44.